The third-order valence-corrected chi connectivity index (χ3v) is 3.78. The molecule has 2 aromatic rings. The van der Waals surface area contributed by atoms with Gasteiger partial charge in [0, 0.05) is 28.8 Å². The van der Waals surface area contributed by atoms with Gasteiger partial charge in [-0.2, -0.15) is 5.26 Å². The number of hydrogen-bond donors (Lipinski definition) is 3. The Morgan fingerprint density at radius 1 is 1.48 bits per heavy atom. The summed E-state index contributed by atoms with van der Waals surface area (Å²) in [5, 5.41) is 19.4. The number of rotatable bonds is 3. The maximum Gasteiger partial charge on any atom is 0.275 e. The number of aromatic nitrogens is 1. The summed E-state index contributed by atoms with van der Waals surface area (Å²) < 4.78 is 0. The molecule has 0 spiro atoms. The summed E-state index contributed by atoms with van der Waals surface area (Å²) in [6.07, 6.45) is 1.31. The van der Waals surface area contributed by atoms with E-state index >= 15 is 0 Å². The Morgan fingerprint density at radius 2 is 2.17 bits per heavy atom. The van der Waals surface area contributed by atoms with Crippen LogP contribution in [0, 0.1) is 23.7 Å². The van der Waals surface area contributed by atoms with Gasteiger partial charge in [-0.3, -0.25) is 4.79 Å². The van der Waals surface area contributed by atoms with Gasteiger partial charge in [-0.05, 0) is 37.6 Å². The number of nitrogens with one attached hydrogen (secondary N) is 2. The van der Waals surface area contributed by atoms with E-state index in [1.807, 2.05) is 6.07 Å². The highest BCUT2D eigenvalue weighted by Gasteiger charge is 2.17. The first-order valence-electron chi connectivity index (χ1n) is 6.66. The molecule has 1 aromatic heterocycles. The molecule has 0 saturated carbocycles. The van der Waals surface area contributed by atoms with E-state index in [-0.39, 0.29) is 10.7 Å². The summed E-state index contributed by atoms with van der Waals surface area (Å²) in [7, 11) is 0. The highest BCUT2D eigenvalue weighted by Crippen LogP contribution is 2.23. The molecule has 0 aliphatic rings. The molecular weight excluding hydrogens is 314 g/mol. The second kappa shape index (κ2) is 6.46. The van der Waals surface area contributed by atoms with Crippen molar-refractivity contribution in [1.82, 2.24) is 4.98 Å². The predicted octanol–water partition coefficient (Wildman–Crippen LogP) is 3.14. The number of carbonyl (C=O) groups excluding carboxylic acids is 1. The van der Waals surface area contributed by atoms with Gasteiger partial charge < -0.3 is 16.5 Å². The maximum atomic E-state index is 12.3. The van der Waals surface area contributed by atoms with E-state index in [0.29, 0.717) is 33.8 Å². The smallest absolute Gasteiger partial charge is 0.275 e. The molecule has 0 atom stereocenters. The highest BCUT2D eigenvalue weighted by atomic mass is 35.5. The number of hydrogen-bond acceptors (Lipinski definition) is 5. The van der Waals surface area contributed by atoms with Gasteiger partial charge >= 0.3 is 0 Å². The number of halogens is 1. The first-order valence-corrected chi connectivity index (χ1v) is 7.04. The number of anilines is 2. The van der Waals surface area contributed by atoms with Gasteiger partial charge in [0.15, 0.2) is 0 Å². The first kappa shape index (κ1) is 16.5. The number of pyridine rings is 1. The van der Waals surface area contributed by atoms with Gasteiger partial charge in [-0.1, -0.05) is 11.6 Å². The van der Waals surface area contributed by atoms with Crippen molar-refractivity contribution in [2.45, 2.75) is 13.8 Å². The molecule has 7 heteroatoms. The highest BCUT2D eigenvalue weighted by molar-refractivity contribution is 6.35. The molecule has 0 bridgehead atoms. The van der Waals surface area contributed by atoms with Crippen LogP contribution in [0.15, 0.2) is 24.4 Å². The van der Waals surface area contributed by atoms with Gasteiger partial charge in [0.25, 0.3) is 5.91 Å². The second-order valence-electron chi connectivity index (χ2n) is 4.95. The lowest BCUT2D eigenvalue weighted by molar-refractivity contribution is 0.102. The van der Waals surface area contributed by atoms with Gasteiger partial charge in [0.2, 0.25) is 0 Å². The molecule has 1 aromatic carbocycles. The molecule has 2 rings (SSSR count). The lowest BCUT2D eigenvalue weighted by atomic mass is 10.1. The van der Waals surface area contributed by atoms with Gasteiger partial charge in [0.05, 0.1) is 10.6 Å². The number of nitrogen functional groups attached to an aromatic ring is 1. The SMILES string of the molecule is CC(=N)c1cc(NC(=O)c2ncc(C#N)c(C)c2Cl)ccc1N. The van der Waals surface area contributed by atoms with Crippen molar-refractivity contribution in [1.29, 1.82) is 10.7 Å². The van der Waals surface area contributed by atoms with Crippen LogP contribution in [0.3, 0.4) is 0 Å². The molecule has 0 aliphatic heterocycles. The Balaban J connectivity index is 2.34. The fourth-order valence-electron chi connectivity index (χ4n) is 2.00. The molecule has 4 N–H and O–H groups in total. The quantitative estimate of drug-likeness (QED) is 0.593. The molecule has 0 unspecified atom stereocenters. The number of nitriles is 1. The third kappa shape index (κ3) is 3.30. The van der Waals surface area contributed by atoms with Crippen molar-refractivity contribution in [3.63, 3.8) is 0 Å². The summed E-state index contributed by atoms with van der Waals surface area (Å²) in [6.45, 7) is 3.26. The fraction of sp³-hybridized carbons (Fsp3) is 0.125. The zero-order valence-corrected chi connectivity index (χ0v) is 13.3. The summed E-state index contributed by atoms with van der Waals surface area (Å²) in [5.74, 6) is -0.499. The van der Waals surface area contributed by atoms with Crippen molar-refractivity contribution in [2.75, 3.05) is 11.1 Å². The monoisotopic (exact) mass is 327 g/mol. The molecule has 0 fully saturated rings. The fourth-order valence-corrected chi connectivity index (χ4v) is 2.23. The van der Waals surface area contributed by atoms with E-state index in [1.54, 1.807) is 32.0 Å². The van der Waals surface area contributed by atoms with Crippen LogP contribution in [0.1, 0.15) is 34.1 Å². The number of nitrogens with two attached hydrogens (primary N) is 1. The van der Waals surface area contributed by atoms with E-state index in [1.165, 1.54) is 6.20 Å². The molecule has 1 heterocycles. The molecule has 23 heavy (non-hydrogen) atoms. The van der Waals surface area contributed by atoms with E-state index in [0.717, 1.165) is 0 Å². The van der Waals surface area contributed by atoms with E-state index < -0.39 is 5.91 Å². The predicted molar refractivity (Wildman–Crippen MR) is 90.0 cm³/mol. The van der Waals surface area contributed by atoms with Gasteiger partial charge in [-0.25, -0.2) is 4.98 Å². The van der Waals surface area contributed by atoms with Crippen LogP contribution in [0.2, 0.25) is 5.02 Å². The Bertz CT molecular complexity index is 854. The lowest BCUT2D eigenvalue weighted by Gasteiger charge is -2.10. The Kier molecular flexibility index (Phi) is 4.63. The van der Waals surface area contributed by atoms with Crippen LogP contribution in [-0.4, -0.2) is 16.6 Å². The van der Waals surface area contributed by atoms with Gasteiger partial charge in [-0.15, -0.1) is 0 Å². The minimum Gasteiger partial charge on any atom is -0.398 e. The minimum absolute atomic E-state index is 0.0353. The molecule has 0 aliphatic carbocycles. The van der Waals surface area contributed by atoms with Crippen LogP contribution in [0.25, 0.3) is 0 Å². The van der Waals surface area contributed by atoms with Crippen LogP contribution in [-0.2, 0) is 0 Å². The Labute approximate surface area is 138 Å². The molecule has 0 saturated heterocycles. The Morgan fingerprint density at radius 3 is 2.78 bits per heavy atom. The van der Waals surface area contributed by atoms with Gasteiger partial charge in [0.1, 0.15) is 11.8 Å². The lowest BCUT2D eigenvalue weighted by Crippen LogP contribution is -2.15. The summed E-state index contributed by atoms with van der Waals surface area (Å²) in [4.78, 5) is 16.3. The number of amides is 1. The molecule has 116 valence electrons. The molecule has 0 radical (unpaired) electrons. The van der Waals surface area contributed by atoms with Crippen molar-refractivity contribution in [2.24, 2.45) is 0 Å². The third-order valence-electron chi connectivity index (χ3n) is 3.31. The summed E-state index contributed by atoms with van der Waals surface area (Å²) in [5.41, 5.74) is 8.42. The average Bonchev–Trinajstić information content (AvgIpc) is 2.51. The van der Waals surface area contributed by atoms with Crippen LogP contribution >= 0.6 is 11.6 Å². The number of carbonyl (C=O) groups is 1. The Hall–Kier alpha value is -2.91. The number of benzene rings is 1. The largest absolute Gasteiger partial charge is 0.398 e. The van der Waals surface area contributed by atoms with E-state index in [9.17, 15) is 4.79 Å². The first-order chi connectivity index (χ1) is 10.8. The minimum atomic E-state index is -0.499. The number of nitrogens with zero attached hydrogens (tertiary/aromatic N) is 2. The summed E-state index contributed by atoms with van der Waals surface area (Å²) in [6, 6.07) is 6.82. The van der Waals surface area contributed by atoms with Crippen LogP contribution in [0.4, 0.5) is 11.4 Å². The van der Waals surface area contributed by atoms with Crippen molar-refractivity contribution < 1.29 is 4.79 Å². The summed E-state index contributed by atoms with van der Waals surface area (Å²) >= 11 is 6.12. The van der Waals surface area contributed by atoms with Crippen LogP contribution < -0.4 is 11.1 Å². The molecular formula is C16H14ClN5O. The zero-order chi connectivity index (χ0) is 17.1. The van der Waals surface area contributed by atoms with Crippen molar-refractivity contribution >= 4 is 34.6 Å². The van der Waals surface area contributed by atoms with E-state index in [4.69, 9.17) is 28.0 Å². The topological polar surface area (TPSA) is 116 Å². The van der Waals surface area contributed by atoms with Crippen LogP contribution in [0.5, 0.6) is 0 Å². The average molecular weight is 328 g/mol. The van der Waals surface area contributed by atoms with Crippen molar-refractivity contribution in [3.05, 3.63) is 51.8 Å². The standard InChI is InChI=1S/C16H14ClN5O/c1-8-10(6-18)7-21-15(14(8)17)16(23)22-11-3-4-13(20)12(5-11)9(2)19/h3-5,7,19H,20H2,1-2H3,(H,22,23). The zero-order valence-electron chi connectivity index (χ0n) is 12.6. The van der Waals surface area contributed by atoms with Crippen molar-refractivity contribution in [3.8, 4) is 6.07 Å². The molecule has 1 amide bonds. The van der Waals surface area contributed by atoms with E-state index in [2.05, 4.69) is 10.3 Å². The second-order valence-corrected chi connectivity index (χ2v) is 5.33. The molecule has 6 nitrogen and oxygen atoms in total. The maximum absolute atomic E-state index is 12.3. The normalized spacial score (nSPS) is 10.0.